The number of esters is 2. The molecule has 1 aliphatic heterocycles. The molecular weight excluding hydrogens is 674 g/mol. The van der Waals surface area contributed by atoms with E-state index in [1.807, 2.05) is 18.3 Å². The standard InChI is InChI=1S/C18H22N4O3.C16H21N3O2.C3H3ClO/c1-3-16(23)22-7-5-12(6-8-22)21-13-9-14-15(18(24)25-4-2)11-20-17(14)19-10-13;1-2-21-16(20)14-10-18-15-13(14)8-12(9-17-15)19-11-6-4-3-5-7-11;1-2-3(4)5/h3,9-12,21H,1,4-8H2,2H3,(H,19,20);8-11,19H,2-7H2,1H3,(H,17,18);2H,1H2. The highest BCUT2D eigenvalue weighted by atomic mass is 35.5. The predicted octanol–water partition coefficient (Wildman–Crippen LogP) is 6.75. The summed E-state index contributed by atoms with van der Waals surface area (Å²) >= 11 is 4.71. The van der Waals surface area contributed by atoms with Crippen LogP contribution in [0.2, 0.25) is 0 Å². The third kappa shape index (κ3) is 10.9. The van der Waals surface area contributed by atoms with Crippen molar-refractivity contribution in [3.8, 4) is 0 Å². The number of H-pyrrole nitrogens is 2. The Bertz CT molecular complexity index is 1820. The molecule has 51 heavy (non-hydrogen) atoms. The minimum absolute atomic E-state index is 0.0204. The van der Waals surface area contributed by atoms with E-state index in [4.69, 9.17) is 21.1 Å². The molecule has 0 atom stereocenters. The monoisotopic (exact) mass is 719 g/mol. The Hall–Kier alpha value is -5.17. The lowest BCUT2D eigenvalue weighted by atomic mass is 9.95. The van der Waals surface area contributed by atoms with E-state index in [9.17, 15) is 19.2 Å². The van der Waals surface area contributed by atoms with Gasteiger partial charge in [0.2, 0.25) is 11.1 Å². The molecule has 0 unspecified atom stereocenters. The summed E-state index contributed by atoms with van der Waals surface area (Å²) in [5, 5.41) is 8.02. The number of carbonyl (C=O) groups excluding carboxylic acids is 4. The second-order valence-corrected chi connectivity index (χ2v) is 12.4. The number of hydrogen-bond acceptors (Lipinski definition) is 10. The minimum Gasteiger partial charge on any atom is -0.462 e. The first kappa shape index (κ1) is 38.6. The summed E-state index contributed by atoms with van der Waals surface area (Å²) in [7, 11) is 0. The van der Waals surface area contributed by atoms with Gasteiger partial charge >= 0.3 is 11.9 Å². The van der Waals surface area contributed by atoms with Crippen LogP contribution in [0.1, 0.15) is 79.5 Å². The summed E-state index contributed by atoms with van der Waals surface area (Å²) in [6, 6.07) is 4.67. The third-order valence-electron chi connectivity index (χ3n) is 8.54. The van der Waals surface area contributed by atoms with Gasteiger partial charge in [-0.1, -0.05) is 32.4 Å². The van der Waals surface area contributed by atoms with Crippen LogP contribution in [0.25, 0.3) is 22.1 Å². The number of anilines is 2. The van der Waals surface area contributed by atoms with Crippen molar-refractivity contribution in [1.29, 1.82) is 0 Å². The Morgan fingerprint density at radius 3 is 1.67 bits per heavy atom. The Morgan fingerprint density at radius 1 is 0.804 bits per heavy atom. The van der Waals surface area contributed by atoms with Crippen molar-refractivity contribution in [2.75, 3.05) is 36.9 Å². The maximum atomic E-state index is 12.0. The average Bonchev–Trinajstić information content (AvgIpc) is 3.77. The molecule has 4 aromatic heterocycles. The highest BCUT2D eigenvalue weighted by Gasteiger charge is 2.22. The van der Waals surface area contributed by atoms with Crippen molar-refractivity contribution < 1.29 is 28.7 Å². The van der Waals surface area contributed by atoms with E-state index in [-0.39, 0.29) is 23.9 Å². The molecule has 1 saturated heterocycles. The summed E-state index contributed by atoms with van der Waals surface area (Å²) in [5.41, 5.74) is 4.23. The second kappa shape index (κ2) is 19.3. The summed E-state index contributed by atoms with van der Waals surface area (Å²) in [6.07, 6.45) is 17.3. The van der Waals surface area contributed by atoms with E-state index in [0.29, 0.717) is 54.8 Å². The summed E-state index contributed by atoms with van der Waals surface area (Å²) in [6.45, 7) is 12.3. The van der Waals surface area contributed by atoms with E-state index < -0.39 is 5.24 Å². The number of pyridine rings is 2. The number of aromatic nitrogens is 4. The van der Waals surface area contributed by atoms with Gasteiger partial charge in [-0.05, 0) is 75.4 Å². The van der Waals surface area contributed by atoms with E-state index in [0.717, 1.165) is 41.1 Å². The third-order valence-corrected chi connectivity index (χ3v) is 8.70. The first-order valence-electron chi connectivity index (χ1n) is 17.2. The molecule has 5 heterocycles. The number of halogens is 1. The molecule has 4 N–H and O–H groups in total. The number of amides is 1. The number of likely N-dealkylation sites (tertiary alicyclic amines) is 1. The van der Waals surface area contributed by atoms with E-state index >= 15 is 0 Å². The fraction of sp³-hybridized carbons (Fsp3) is 0.405. The normalized spacial score (nSPS) is 14.7. The van der Waals surface area contributed by atoms with Crippen LogP contribution in [0.3, 0.4) is 0 Å². The molecular formula is C37H46ClN7O6. The molecule has 6 rings (SSSR count). The van der Waals surface area contributed by atoms with Gasteiger partial charge < -0.3 is 35.0 Å². The van der Waals surface area contributed by atoms with Gasteiger partial charge in [-0.25, -0.2) is 19.6 Å². The van der Waals surface area contributed by atoms with Gasteiger partial charge in [-0.15, -0.1) is 0 Å². The van der Waals surface area contributed by atoms with Crippen LogP contribution < -0.4 is 10.6 Å². The summed E-state index contributed by atoms with van der Waals surface area (Å²) < 4.78 is 10.2. The van der Waals surface area contributed by atoms with Gasteiger partial charge in [0.1, 0.15) is 11.3 Å². The van der Waals surface area contributed by atoms with Crippen molar-refractivity contribution in [2.45, 2.75) is 70.9 Å². The number of nitrogens with one attached hydrogen (secondary N) is 4. The SMILES string of the molecule is C=CC(=O)Cl.C=CC(=O)N1CCC(Nc2cnc3[nH]cc(C(=O)OCC)c3c2)CC1.CCOC(=O)c1c[nH]c2ncc(NC3CCCCC3)cc12. The molecule has 0 radical (unpaired) electrons. The van der Waals surface area contributed by atoms with Crippen LogP contribution in [-0.2, 0) is 19.1 Å². The van der Waals surface area contributed by atoms with Crippen LogP contribution in [0.15, 0.2) is 62.2 Å². The maximum absolute atomic E-state index is 12.0. The zero-order valence-electron chi connectivity index (χ0n) is 29.1. The Kier molecular flexibility index (Phi) is 14.6. The Morgan fingerprint density at radius 2 is 1.25 bits per heavy atom. The van der Waals surface area contributed by atoms with Gasteiger partial charge in [0.05, 0.1) is 48.1 Å². The number of nitrogens with zero attached hydrogens (tertiary/aromatic N) is 3. The average molecular weight is 720 g/mol. The smallest absolute Gasteiger partial charge is 0.340 e. The highest BCUT2D eigenvalue weighted by molar-refractivity contribution is 6.66. The zero-order valence-corrected chi connectivity index (χ0v) is 29.9. The van der Waals surface area contributed by atoms with Crippen molar-refractivity contribution in [1.82, 2.24) is 24.8 Å². The van der Waals surface area contributed by atoms with Crippen molar-refractivity contribution >= 4 is 68.1 Å². The van der Waals surface area contributed by atoms with Gasteiger partial charge in [0.25, 0.3) is 0 Å². The maximum Gasteiger partial charge on any atom is 0.340 e. The molecule has 0 spiro atoms. The molecule has 272 valence electrons. The number of fused-ring (bicyclic) bond motifs is 2. The lowest BCUT2D eigenvalue weighted by molar-refractivity contribution is -0.126. The number of carbonyl (C=O) groups is 4. The van der Waals surface area contributed by atoms with Crippen molar-refractivity contribution in [3.05, 3.63) is 73.4 Å². The van der Waals surface area contributed by atoms with Crippen LogP contribution in [0.5, 0.6) is 0 Å². The van der Waals surface area contributed by atoms with E-state index in [1.54, 1.807) is 37.3 Å². The molecule has 1 amide bonds. The summed E-state index contributed by atoms with van der Waals surface area (Å²) in [4.78, 5) is 61.6. The van der Waals surface area contributed by atoms with Crippen molar-refractivity contribution in [2.24, 2.45) is 0 Å². The van der Waals surface area contributed by atoms with Crippen LogP contribution in [0.4, 0.5) is 11.4 Å². The molecule has 2 aliphatic rings. The van der Waals surface area contributed by atoms with Crippen LogP contribution in [0, 0.1) is 0 Å². The molecule has 0 bridgehead atoms. The molecule has 4 aromatic rings. The molecule has 2 fully saturated rings. The summed E-state index contributed by atoms with van der Waals surface area (Å²) in [5.74, 6) is -0.683. The number of ether oxygens (including phenoxy) is 2. The molecule has 14 heteroatoms. The molecule has 1 aliphatic carbocycles. The number of hydrogen-bond donors (Lipinski definition) is 4. The number of allylic oxidation sites excluding steroid dienone is 1. The van der Waals surface area contributed by atoms with Crippen LogP contribution >= 0.6 is 11.6 Å². The fourth-order valence-electron chi connectivity index (χ4n) is 6.01. The minimum atomic E-state index is -0.509. The van der Waals surface area contributed by atoms with Crippen LogP contribution in [-0.4, -0.2) is 86.3 Å². The zero-order chi connectivity index (χ0) is 36.8. The quantitative estimate of drug-likeness (QED) is 0.0781. The van der Waals surface area contributed by atoms with Crippen molar-refractivity contribution in [3.63, 3.8) is 0 Å². The molecule has 1 saturated carbocycles. The number of aromatic amines is 2. The second-order valence-electron chi connectivity index (χ2n) is 12.0. The predicted molar refractivity (Wildman–Crippen MR) is 199 cm³/mol. The van der Waals surface area contributed by atoms with Gasteiger partial charge in [-0.2, -0.15) is 0 Å². The lowest BCUT2D eigenvalue weighted by Gasteiger charge is -2.32. The van der Waals surface area contributed by atoms with Gasteiger partial charge in [-0.3, -0.25) is 9.59 Å². The number of rotatable bonds is 10. The first-order chi connectivity index (χ1) is 24.7. The first-order valence-corrected chi connectivity index (χ1v) is 17.6. The lowest BCUT2D eigenvalue weighted by Crippen LogP contribution is -2.41. The largest absolute Gasteiger partial charge is 0.462 e. The highest BCUT2D eigenvalue weighted by Crippen LogP contribution is 2.26. The van der Waals surface area contributed by atoms with E-state index in [1.165, 1.54) is 38.2 Å². The topological polar surface area (TPSA) is 171 Å². The van der Waals surface area contributed by atoms with Gasteiger partial charge in [0, 0.05) is 48.3 Å². The van der Waals surface area contributed by atoms with Gasteiger partial charge in [0.15, 0.2) is 0 Å². The van der Waals surface area contributed by atoms with E-state index in [2.05, 4.69) is 43.7 Å². The Labute approximate surface area is 302 Å². The molecule has 13 nitrogen and oxygen atoms in total. The molecule has 0 aromatic carbocycles. The Balaban J connectivity index is 0.000000204. The fourth-order valence-corrected chi connectivity index (χ4v) is 6.01. The number of piperidine rings is 1.